The van der Waals surface area contributed by atoms with Crippen molar-refractivity contribution in [3.05, 3.63) is 54.0 Å². The minimum Gasteiger partial charge on any atom is -0.367 e. The SMILES string of the molecule is C[C@@H]1CN(c2cccc3c2CN(C(=O)C2CCCC2)CC3)CCN1C(=O)Cn1cnc2cccnc21. The number of piperazine rings is 1. The highest BCUT2D eigenvalue weighted by Crippen LogP contribution is 2.33. The molecule has 0 unspecified atom stereocenters. The van der Waals surface area contributed by atoms with E-state index in [0.29, 0.717) is 19.0 Å². The molecule has 1 saturated carbocycles. The van der Waals surface area contributed by atoms with Crippen LogP contribution in [0.4, 0.5) is 5.69 Å². The van der Waals surface area contributed by atoms with E-state index < -0.39 is 0 Å². The fraction of sp³-hybridized carbons (Fsp3) is 0.500. The summed E-state index contributed by atoms with van der Waals surface area (Å²) in [5.41, 5.74) is 5.41. The monoisotopic (exact) mass is 486 g/mol. The summed E-state index contributed by atoms with van der Waals surface area (Å²) in [6, 6.07) is 10.4. The van der Waals surface area contributed by atoms with Gasteiger partial charge in [-0.3, -0.25) is 9.59 Å². The molecule has 1 atom stereocenters. The number of aromatic nitrogens is 3. The average molecular weight is 487 g/mol. The number of hydrogen-bond donors (Lipinski definition) is 0. The molecule has 0 N–H and O–H groups in total. The van der Waals surface area contributed by atoms with Gasteiger partial charge in [0, 0.05) is 56.6 Å². The molecule has 3 aromatic rings. The summed E-state index contributed by atoms with van der Waals surface area (Å²) in [5.74, 6) is 0.657. The Morgan fingerprint density at radius 3 is 2.72 bits per heavy atom. The van der Waals surface area contributed by atoms with Gasteiger partial charge in [-0.25, -0.2) is 9.97 Å². The van der Waals surface area contributed by atoms with Gasteiger partial charge in [-0.1, -0.05) is 25.0 Å². The number of rotatable bonds is 4. The highest BCUT2D eigenvalue weighted by atomic mass is 16.2. The number of hydrogen-bond acceptors (Lipinski definition) is 5. The Bertz CT molecular complexity index is 1280. The van der Waals surface area contributed by atoms with E-state index in [1.54, 1.807) is 12.5 Å². The zero-order chi connectivity index (χ0) is 24.6. The summed E-state index contributed by atoms with van der Waals surface area (Å²) in [5, 5.41) is 0. The third-order valence-corrected chi connectivity index (χ3v) is 8.23. The molecule has 0 radical (unpaired) electrons. The number of benzene rings is 1. The average Bonchev–Trinajstić information content (AvgIpc) is 3.58. The van der Waals surface area contributed by atoms with Crippen LogP contribution in [-0.2, 0) is 29.1 Å². The number of amides is 2. The molecule has 3 aliphatic rings. The van der Waals surface area contributed by atoms with Crippen molar-refractivity contribution in [2.45, 2.75) is 58.2 Å². The van der Waals surface area contributed by atoms with Gasteiger partial charge in [0.1, 0.15) is 12.1 Å². The quantitative estimate of drug-likeness (QED) is 0.566. The number of carbonyl (C=O) groups excluding carboxylic acids is 2. The smallest absolute Gasteiger partial charge is 0.242 e. The van der Waals surface area contributed by atoms with Gasteiger partial charge in [-0.15, -0.1) is 0 Å². The molecule has 8 heteroatoms. The number of pyridine rings is 1. The van der Waals surface area contributed by atoms with Gasteiger partial charge in [0.15, 0.2) is 5.65 Å². The molecule has 188 valence electrons. The number of fused-ring (bicyclic) bond motifs is 2. The van der Waals surface area contributed by atoms with Crippen LogP contribution in [0, 0.1) is 5.92 Å². The predicted octanol–water partition coefficient (Wildman–Crippen LogP) is 3.24. The molecule has 2 aromatic heterocycles. The maximum atomic E-state index is 13.2. The maximum Gasteiger partial charge on any atom is 0.242 e. The van der Waals surface area contributed by atoms with Gasteiger partial charge in [-0.2, -0.15) is 0 Å². The second-order valence-corrected chi connectivity index (χ2v) is 10.5. The van der Waals surface area contributed by atoms with Gasteiger partial charge >= 0.3 is 0 Å². The lowest BCUT2D eigenvalue weighted by Gasteiger charge is -2.43. The minimum absolute atomic E-state index is 0.0877. The molecule has 2 aliphatic heterocycles. The largest absolute Gasteiger partial charge is 0.367 e. The standard InChI is InChI=1S/C28H34N6O2/c1-20-16-31(14-15-34(20)26(35)18-33-19-30-24-9-5-12-29-27(24)33)25-10-4-8-21-11-13-32(17-23(21)25)28(36)22-6-2-3-7-22/h4-5,8-10,12,19-20,22H,2-3,6-7,11,13-18H2,1H3/t20-/m1/s1. The van der Waals surface area contributed by atoms with E-state index in [2.05, 4.69) is 44.9 Å². The number of nitrogens with zero attached hydrogens (tertiary/aromatic N) is 6. The maximum absolute atomic E-state index is 13.2. The Balaban J connectivity index is 1.15. The molecule has 8 nitrogen and oxygen atoms in total. The zero-order valence-corrected chi connectivity index (χ0v) is 21.0. The molecule has 1 saturated heterocycles. The topological polar surface area (TPSA) is 74.6 Å². The molecule has 36 heavy (non-hydrogen) atoms. The van der Waals surface area contributed by atoms with E-state index in [1.165, 1.54) is 29.7 Å². The molecule has 1 aliphatic carbocycles. The van der Waals surface area contributed by atoms with E-state index in [1.807, 2.05) is 21.6 Å². The highest BCUT2D eigenvalue weighted by molar-refractivity contribution is 5.80. The van der Waals surface area contributed by atoms with Crippen molar-refractivity contribution in [2.24, 2.45) is 5.92 Å². The summed E-state index contributed by atoms with van der Waals surface area (Å²) in [4.78, 5) is 41.6. The number of carbonyl (C=O) groups is 2. The van der Waals surface area contributed by atoms with Crippen LogP contribution < -0.4 is 4.90 Å². The summed E-state index contributed by atoms with van der Waals surface area (Å²) >= 11 is 0. The van der Waals surface area contributed by atoms with Crippen LogP contribution in [0.25, 0.3) is 11.2 Å². The summed E-state index contributed by atoms with van der Waals surface area (Å²) in [6.07, 6.45) is 8.80. The van der Waals surface area contributed by atoms with E-state index in [9.17, 15) is 9.59 Å². The van der Waals surface area contributed by atoms with Crippen molar-refractivity contribution in [1.29, 1.82) is 0 Å². The van der Waals surface area contributed by atoms with Gasteiger partial charge in [0.2, 0.25) is 11.8 Å². The molecule has 2 fully saturated rings. The van der Waals surface area contributed by atoms with Gasteiger partial charge < -0.3 is 19.3 Å². The van der Waals surface area contributed by atoms with E-state index in [4.69, 9.17) is 0 Å². The Morgan fingerprint density at radius 2 is 1.89 bits per heavy atom. The fourth-order valence-corrected chi connectivity index (χ4v) is 6.27. The van der Waals surface area contributed by atoms with Crippen LogP contribution in [0.3, 0.4) is 0 Å². The van der Waals surface area contributed by atoms with Gasteiger partial charge in [0.05, 0.1) is 6.33 Å². The van der Waals surface area contributed by atoms with Crippen molar-refractivity contribution in [3.8, 4) is 0 Å². The first-order valence-corrected chi connectivity index (χ1v) is 13.3. The molecule has 1 aromatic carbocycles. The molecular weight excluding hydrogens is 452 g/mol. The normalized spacial score (nSPS) is 20.7. The third-order valence-electron chi connectivity index (χ3n) is 8.23. The van der Waals surface area contributed by atoms with Gasteiger partial charge in [-0.05, 0) is 55.5 Å². The Morgan fingerprint density at radius 1 is 1.03 bits per heavy atom. The van der Waals surface area contributed by atoms with Crippen LogP contribution in [0.15, 0.2) is 42.9 Å². The second-order valence-electron chi connectivity index (χ2n) is 10.5. The molecule has 4 heterocycles. The van der Waals surface area contributed by atoms with Gasteiger partial charge in [0.25, 0.3) is 0 Å². The molecule has 0 spiro atoms. The molecule has 6 rings (SSSR count). The van der Waals surface area contributed by atoms with Crippen LogP contribution in [0.1, 0.15) is 43.7 Å². The minimum atomic E-state index is 0.0877. The van der Waals surface area contributed by atoms with E-state index >= 15 is 0 Å². The molecular formula is C28H34N6O2. The summed E-state index contributed by atoms with van der Waals surface area (Å²) in [6.45, 7) is 6.13. The Kier molecular flexibility index (Phi) is 6.11. The lowest BCUT2D eigenvalue weighted by molar-refractivity contribution is -0.136. The second kappa shape index (κ2) is 9.56. The predicted molar refractivity (Wildman–Crippen MR) is 138 cm³/mol. The zero-order valence-electron chi connectivity index (χ0n) is 21.0. The Hall–Kier alpha value is -3.42. The first-order chi connectivity index (χ1) is 17.6. The van der Waals surface area contributed by atoms with Crippen molar-refractivity contribution in [2.75, 3.05) is 31.1 Å². The fourth-order valence-electron chi connectivity index (χ4n) is 6.27. The summed E-state index contributed by atoms with van der Waals surface area (Å²) < 4.78 is 1.83. The van der Waals surface area contributed by atoms with E-state index in [0.717, 1.165) is 50.1 Å². The number of anilines is 1. The lowest BCUT2D eigenvalue weighted by atomic mass is 9.95. The van der Waals surface area contributed by atoms with Crippen molar-refractivity contribution < 1.29 is 9.59 Å². The first kappa shape index (κ1) is 23.0. The molecule has 2 amide bonds. The van der Waals surface area contributed by atoms with Crippen LogP contribution in [0.5, 0.6) is 0 Å². The lowest BCUT2D eigenvalue weighted by Crippen LogP contribution is -2.55. The highest BCUT2D eigenvalue weighted by Gasteiger charge is 2.33. The molecule has 0 bridgehead atoms. The Labute approximate surface area is 211 Å². The third kappa shape index (κ3) is 4.22. The van der Waals surface area contributed by atoms with Crippen LogP contribution >= 0.6 is 0 Å². The van der Waals surface area contributed by atoms with Crippen LogP contribution in [-0.4, -0.2) is 68.4 Å². The number of imidazole rings is 1. The van der Waals surface area contributed by atoms with Crippen molar-refractivity contribution in [1.82, 2.24) is 24.3 Å². The van der Waals surface area contributed by atoms with Crippen LogP contribution in [0.2, 0.25) is 0 Å². The van der Waals surface area contributed by atoms with Crippen molar-refractivity contribution in [3.63, 3.8) is 0 Å². The first-order valence-electron chi connectivity index (χ1n) is 13.3. The van der Waals surface area contributed by atoms with Crippen molar-refractivity contribution >= 4 is 28.7 Å². The van der Waals surface area contributed by atoms with E-state index in [-0.39, 0.29) is 24.4 Å². The summed E-state index contributed by atoms with van der Waals surface area (Å²) in [7, 11) is 0.